The van der Waals surface area contributed by atoms with Gasteiger partial charge in [-0.1, -0.05) is 30.3 Å². The van der Waals surface area contributed by atoms with Gasteiger partial charge in [0.25, 0.3) is 11.8 Å². The molecule has 0 saturated carbocycles. The first-order valence-corrected chi connectivity index (χ1v) is 7.28. The van der Waals surface area contributed by atoms with Crippen molar-refractivity contribution < 1.29 is 27.8 Å². The highest BCUT2D eigenvalue weighted by Crippen LogP contribution is 2.21. The van der Waals surface area contributed by atoms with Gasteiger partial charge in [-0.25, -0.2) is 0 Å². The molecule has 0 unspecified atom stereocenters. The molecule has 25 heavy (non-hydrogen) atoms. The third-order valence-corrected chi connectivity index (χ3v) is 3.13. The van der Waals surface area contributed by atoms with E-state index in [2.05, 4.69) is 10.1 Å². The SMILES string of the molecule is NC(=O)COc1ccccc1C(=O)NCc1ccccc1OC(F)F. The van der Waals surface area contributed by atoms with Crippen LogP contribution >= 0.6 is 0 Å². The van der Waals surface area contributed by atoms with E-state index in [9.17, 15) is 18.4 Å². The number of amides is 2. The Morgan fingerprint density at radius 2 is 1.68 bits per heavy atom. The van der Waals surface area contributed by atoms with Gasteiger partial charge in [-0.2, -0.15) is 8.78 Å². The summed E-state index contributed by atoms with van der Waals surface area (Å²) in [5.74, 6) is -0.993. The molecule has 0 aliphatic rings. The first-order valence-electron chi connectivity index (χ1n) is 7.28. The molecule has 2 aromatic rings. The first kappa shape index (κ1) is 18.2. The first-order chi connectivity index (χ1) is 12.0. The second kappa shape index (κ2) is 8.62. The third kappa shape index (κ3) is 5.45. The quantitative estimate of drug-likeness (QED) is 0.763. The van der Waals surface area contributed by atoms with Gasteiger partial charge in [-0.15, -0.1) is 0 Å². The van der Waals surface area contributed by atoms with Gasteiger partial charge in [0.15, 0.2) is 6.61 Å². The summed E-state index contributed by atoms with van der Waals surface area (Å²) < 4.78 is 34.4. The molecule has 132 valence electrons. The van der Waals surface area contributed by atoms with Gasteiger partial charge in [0.05, 0.1) is 5.56 Å². The summed E-state index contributed by atoms with van der Waals surface area (Å²) >= 11 is 0. The van der Waals surface area contributed by atoms with E-state index < -0.39 is 18.4 Å². The minimum Gasteiger partial charge on any atom is -0.483 e. The normalized spacial score (nSPS) is 10.4. The zero-order chi connectivity index (χ0) is 18.2. The number of hydrogen-bond acceptors (Lipinski definition) is 4. The Kier molecular flexibility index (Phi) is 6.27. The van der Waals surface area contributed by atoms with Crippen LogP contribution in [0.15, 0.2) is 48.5 Å². The van der Waals surface area contributed by atoms with Crippen LogP contribution in [0.4, 0.5) is 8.78 Å². The smallest absolute Gasteiger partial charge is 0.387 e. The van der Waals surface area contributed by atoms with Crippen molar-refractivity contribution in [3.05, 3.63) is 59.7 Å². The highest BCUT2D eigenvalue weighted by molar-refractivity contribution is 5.97. The molecule has 0 atom stereocenters. The molecule has 6 nitrogen and oxygen atoms in total. The number of halogens is 2. The molecule has 0 saturated heterocycles. The van der Waals surface area contributed by atoms with Crippen LogP contribution in [-0.4, -0.2) is 25.0 Å². The van der Waals surface area contributed by atoms with Crippen molar-refractivity contribution in [1.29, 1.82) is 0 Å². The lowest BCUT2D eigenvalue weighted by Crippen LogP contribution is -2.25. The fourth-order valence-electron chi connectivity index (χ4n) is 2.06. The summed E-state index contributed by atoms with van der Waals surface area (Å²) in [5.41, 5.74) is 5.60. The summed E-state index contributed by atoms with van der Waals surface area (Å²) in [6, 6.07) is 12.4. The molecule has 0 fully saturated rings. The fraction of sp³-hybridized carbons (Fsp3) is 0.176. The molecule has 0 aliphatic heterocycles. The van der Waals surface area contributed by atoms with E-state index in [0.29, 0.717) is 5.56 Å². The van der Waals surface area contributed by atoms with Crippen molar-refractivity contribution in [3.63, 3.8) is 0 Å². The zero-order valence-corrected chi connectivity index (χ0v) is 13.1. The lowest BCUT2D eigenvalue weighted by Gasteiger charge is -2.13. The van der Waals surface area contributed by atoms with Gasteiger partial charge < -0.3 is 20.5 Å². The van der Waals surface area contributed by atoms with Gasteiger partial charge in [-0.05, 0) is 18.2 Å². The summed E-state index contributed by atoms with van der Waals surface area (Å²) in [5, 5.41) is 2.60. The molecule has 8 heteroatoms. The van der Waals surface area contributed by atoms with Crippen LogP contribution in [0.1, 0.15) is 15.9 Å². The molecule has 2 aromatic carbocycles. The van der Waals surface area contributed by atoms with Crippen LogP contribution in [0.2, 0.25) is 0 Å². The molecule has 0 heterocycles. The Bertz CT molecular complexity index is 753. The number of benzene rings is 2. The molecule has 3 N–H and O–H groups in total. The maximum absolute atomic E-state index is 12.4. The largest absolute Gasteiger partial charge is 0.483 e. The minimum atomic E-state index is -2.96. The average Bonchev–Trinajstić information content (AvgIpc) is 2.58. The Balaban J connectivity index is 2.07. The van der Waals surface area contributed by atoms with E-state index in [4.69, 9.17) is 10.5 Å². The maximum atomic E-state index is 12.4. The topological polar surface area (TPSA) is 90.7 Å². The van der Waals surface area contributed by atoms with Crippen molar-refractivity contribution in [2.45, 2.75) is 13.2 Å². The van der Waals surface area contributed by atoms with Crippen LogP contribution in [0.25, 0.3) is 0 Å². The number of nitrogens with two attached hydrogens (primary N) is 1. The monoisotopic (exact) mass is 350 g/mol. The van der Waals surface area contributed by atoms with E-state index >= 15 is 0 Å². The van der Waals surface area contributed by atoms with Crippen molar-refractivity contribution in [2.75, 3.05) is 6.61 Å². The lowest BCUT2D eigenvalue weighted by molar-refractivity contribution is -0.119. The summed E-state index contributed by atoms with van der Waals surface area (Å²) in [6.45, 7) is -3.35. The predicted octanol–water partition coefficient (Wildman–Crippen LogP) is 2.08. The molecule has 0 aromatic heterocycles. The van der Waals surface area contributed by atoms with Gasteiger partial charge in [-0.3, -0.25) is 9.59 Å². The Labute approximate surface area is 142 Å². The second-order valence-corrected chi connectivity index (χ2v) is 4.92. The van der Waals surface area contributed by atoms with E-state index in [0.717, 1.165) is 0 Å². The van der Waals surface area contributed by atoms with E-state index in [-0.39, 0.29) is 30.2 Å². The van der Waals surface area contributed by atoms with Gasteiger partial charge >= 0.3 is 6.61 Å². The number of carbonyl (C=O) groups is 2. The van der Waals surface area contributed by atoms with E-state index in [1.165, 1.54) is 18.2 Å². The van der Waals surface area contributed by atoms with Crippen molar-refractivity contribution >= 4 is 11.8 Å². The number of carbonyl (C=O) groups excluding carboxylic acids is 2. The molecular formula is C17H16F2N2O4. The van der Waals surface area contributed by atoms with Crippen LogP contribution in [-0.2, 0) is 11.3 Å². The molecule has 2 rings (SSSR count). The highest BCUT2D eigenvalue weighted by atomic mass is 19.3. The van der Waals surface area contributed by atoms with Crippen LogP contribution < -0.4 is 20.5 Å². The molecular weight excluding hydrogens is 334 g/mol. The highest BCUT2D eigenvalue weighted by Gasteiger charge is 2.14. The van der Waals surface area contributed by atoms with Crippen LogP contribution in [0, 0.1) is 0 Å². The molecule has 0 spiro atoms. The second-order valence-electron chi connectivity index (χ2n) is 4.92. The number of para-hydroxylation sites is 2. The number of primary amides is 1. The maximum Gasteiger partial charge on any atom is 0.387 e. The molecule has 0 aliphatic carbocycles. The number of hydrogen-bond donors (Lipinski definition) is 2. The van der Waals surface area contributed by atoms with Crippen molar-refractivity contribution in [3.8, 4) is 11.5 Å². The number of ether oxygens (including phenoxy) is 2. The number of rotatable bonds is 8. The number of nitrogens with one attached hydrogen (secondary N) is 1. The van der Waals surface area contributed by atoms with E-state index in [1.54, 1.807) is 30.3 Å². The van der Waals surface area contributed by atoms with Gasteiger partial charge in [0.1, 0.15) is 11.5 Å². The van der Waals surface area contributed by atoms with E-state index in [1.807, 2.05) is 0 Å². The average molecular weight is 350 g/mol. The van der Waals surface area contributed by atoms with Crippen molar-refractivity contribution in [1.82, 2.24) is 5.32 Å². The molecule has 0 radical (unpaired) electrons. The predicted molar refractivity (Wildman–Crippen MR) is 85.4 cm³/mol. The van der Waals surface area contributed by atoms with Gasteiger partial charge in [0.2, 0.25) is 0 Å². The summed E-state index contributed by atoms with van der Waals surface area (Å²) in [6.07, 6.45) is 0. The van der Waals surface area contributed by atoms with Crippen molar-refractivity contribution in [2.24, 2.45) is 5.73 Å². The third-order valence-electron chi connectivity index (χ3n) is 3.13. The Morgan fingerprint density at radius 3 is 2.36 bits per heavy atom. The van der Waals surface area contributed by atoms with Crippen LogP contribution in [0.3, 0.4) is 0 Å². The lowest BCUT2D eigenvalue weighted by atomic mass is 10.1. The molecule has 0 bridgehead atoms. The Hall–Kier alpha value is -3.16. The molecule has 2 amide bonds. The zero-order valence-electron chi connectivity index (χ0n) is 13.1. The summed E-state index contributed by atoms with van der Waals surface area (Å²) in [7, 11) is 0. The number of alkyl halides is 2. The summed E-state index contributed by atoms with van der Waals surface area (Å²) in [4.78, 5) is 23.1. The minimum absolute atomic E-state index is 0.0175. The van der Waals surface area contributed by atoms with Crippen LogP contribution in [0.5, 0.6) is 11.5 Å². The fourth-order valence-corrected chi connectivity index (χ4v) is 2.06. The Morgan fingerprint density at radius 1 is 1.04 bits per heavy atom. The standard InChI is InChI=1S/C17H16F2N2O4/c18-17(19)25-13-7-3-1-5-11(13)9-21-16(23)12-6-2-4-8-14(12)24-10-15(20)22/h1-8,17H,9-10H2,(H2,20,22)(H,21,23). The van der Waals surface area contributed by atoms with Gasteiger partial charge in [0, 0.05) is 12.1 Å².